The van der Waals surface area contributed by atoms with Gasteiger partial charge >= 0.3 is 0 Å². The topological polar surface area (TPSA) is 92.5 Å². The van der Waals surface area contributed by atoms with Crippen LogP contribution in [0.2, 0.25) is 0 Å². The summed E-state index contributed by atoms with van der Waals surface area (Å²) in [6.07, 6.45) is 4.11. The minimum Gasteiger partial charge on any atom is -0.341 e. The molecule has 1 saturated heterocycles. The third-order valence-electron chi connectivity index (χ3n) is 3.53. The first-order valence-corrected chi connectivity index (χ1v) is 8.70. The number of likely N-dealkylation sites (tertiary alicyclic amines) is 1. The Labute approximate surface area is 115 Å². The molecule has 0 bridgehead atoms. The molecule has 1 amide bonds. The predicted octanol–water partition coefficient (Wildman–Crippen LogP) is -0.0984. The maximum Gasteiger partial charge on any atom is 0.222 e. The summed E-state index contributed by atoms with van der Waals surface area (Å²) < 4.78 is 25.0. The molecule has 1 aliphatic heterocycles. The van der Waals surface area contributed by atoms with Gasteiger partial charge in [0.1, 0.15) is 0 Å². The first-order chi connectivity index (χ1) is 8.85. The number of nitrogens with one attached hydrogen (secondary N) is 1. The molecule has 1 fully saturated rings. The lowest BCUT2D eigenvalue weighted by molar-refractivity contribution is -0.133. The minimum atomic E-state index is -3.21. The number of nitrogens with zero attached hydrogens (tertiary/aromatic N) is 1. The van der Waals surface area contributed by atoms with Crippen LogP contribution in [0.4, 0.5) is 0 Å². The highest BCUT2D eigenvalue weighted by Crippen LogP contribution is 2.15. The molecular weight excluding hydrogens is 266 g/mol. The second-order valence-corrected chi connectivity index (χ2v) is 7.06. The van der Waals surface area contributed by atoms with Crippen LogP contribution in [0.1, 0.15) is 32.6 Å². The number of nitrogens with two attached hydrogens (primary N) is 1. The van der Waals surface area contributed by atoms with Crippen LogP contribution in [0.5, 0.6) is 0 Å². The molecule has 6 nitrogen and oxygen atoms in total. The van der Waals surface area contributed by atoms with E-state index in [4.69, 9.17) is 5.73 Å². The van der Waals surface area contributed by atoms with Gasteiger partial charge in [0.15, 0.2) is 0 Å². The van der Waals surface area contributed by atoms with E-state index in [0.717, 1.165) is 25.5 Å². The van der Waals surface area contributed by atoms with E-state index in [9.17, 15) is 13.2 Å². The van der Waals surface area contributed by atoms with Crippen LogP contribution in [-0.4, -0.2) is 51.2 Å². The number of hydrogen-bond acceptors (Lipinski definition) is 4. The fraction of sp³-hybridized carbons (Fsp3) is 0.917. The van der Waals surface area contributed by atoms with Gasteiger partial charge in [-0.3, -0.25) is 4.79 Å². The second kappa shape index (κ2) is 7.21. The van der Waals surface area contributed by atoms with Crippen molar-refractivity contribution in [1.29, 1.82) is 0 Å². The van der Waals surface area contributed by atoms with Gasteiger partial charge in [0.25, 0.3) is 0 Å². The van der Waals surface area contributed by atoms with Gasteiger partial charge in [-0.05, 0) is 25.3 Å². The second-order valence-electron chi connectivity index (χ2n) is 5.28. The Balaban J connectivity index is 2.52. The highest BCUT2D eigenvalue weighted by molar-refractivity contribution is 7.88. The summed E-state index contributed by atoms with van der Waals surface area (Å²) in [7, 11) is -3.21. The summed E-state index contributed by atoms with van der Waals surface area (Å²) in [4.78, 5) is 13.9. The lowest BCUT2D eigenvalue weighted by Crippen LogP contribution is -2.49. The van der Waals surface area contributed by atoms with E-state index in [-0.39, 0.29) is 17.9 Å². The molecule has 1 rings (SSSR count). The highest BCUT2D eigenvalue weighted by atomic mass is 32.2. The standard InChI is InChI=1S/C12H25N3O3S/c1-3-10(8-13)7-12(16)15-6-4-5-11(9-15)14-19(2,17)18/h10-11,14H,3-9,13H2,1-2H3. The van der Waals surface area contributed by atoms with Crippen molar-refractivity contribution in [3.63, 3.8) is 0 Å². The first-order valence-electron chi connectivity index (χ1n) is 6.80. The summed E-state index contributed by atoms with van der Waals surface area (Å²) in [6, 6.07) is -0.161. The number of sulfonamides is 1. The number of piperidine rings is 1. The Kier molecular flexibility index (Phi) is 6.22. The van der Waals surface area contributed by atoms with Gasteiger partial charge in [-0.25, -0.2) is 13.1 Å². The van der Waals surface area contributed by atoms with Gasteiger partial charge in [0.05, 0.1) is 6.26 Å². The molecule has 0 aromatic heterocycles. The molecule has 2 atom stereocenters. The van der Waals surface area contributed by atoms with Gasteiger partial charge in [-0.2, -0.15) is 0 Å². The lowest BCUT2D eigenvalue weighted by atomic mass is 10.00. The fourth-order valence-electron chi connectivity index (χ4n) is 2.37. The molecule has 0 aliphatic carbocycles. The number of carbonyl (C=O) groups is 1. The van der Waals surface area contributed by atoms with Crippen LogP contribution in [0.15, 0.2) is 0 Å². The van der Waals surface area contributed by atoms with Gasteiger partial charge in [-0.1, -0.05) is 13.3 Å². The largest absolute Gasteiger partial charge is 0.341 e. The molecule has 19 heavy (non-hydrogen) atoms. The molecule has 7 heteroatoms. The van der Waals surface area contributed by atoms with Gasteiger partial charge in [0, 0.05) is 25.6 Å². The van der Waals surface area contributed by atoms with Crippen LogP contribution in [0.25, 0.3) is 0 Å². The summed E-state index contributed by atoms with van der Waals surface area (Å²) in [5, 5.41) is 0. The van der Waals surface area contributed by atoms with Crippen molar-refractivity contribution < 1.29 is 13.2 Å². The van der Waals surface area contributed by atoms with Crippen LogP contribution in [0.3, 0.4) is 0 Å². The van der Waals surface area contributed by atoms with E-state index in [1.54, 1.807) is 4.90 Å². The van der Waals surface area contributed by atoms with E-state index in [0.29, 0.717) is 26.1 Å². The number of carbonyl (C=O) groups excluding carboxylic acids is 1. The first kappa shape index (κ1) is 16.4. The summed E-state index contributed by atoms with van der Waals surface area (Å²) >= 11 is 0. The summed E-state index contributed by atoms with van der Waals surface area (Å²) in [6.45, 7) is 3.71. The molecule has 0 aromatic carbocycles. The SMILES string of the molecule is CCC(CN)CC(=O)N1CCCC(NS(C)(=O)=O)C1. The van der Waals surface area contributed by atoms with Crippen molar-refractivity contribution in [3.8, 4) is 0 Å². The zero-order valence-electron chi connectivity index (χ0n) is 11.8. The zero-order valence-corrected chi connectivity index (χ0v) is 12.6. The van der Waals surface area contributed by atoms with Crippen LogP contribution in [0, 0.1) is 5.92 Å². The fourth-order valence-corrected chi connectivity index (χ4v) is 3.17. The van der Waals surface area contributed by atoms with Crippen LogP contribution in [-0.2, 0) is 14.8 Å². The van der Waals surface area contributed by atoms with Crippen molar-refractivity contribution >= 4 is 15.9 Å². The van der Waals surface area contributed by atoms with Gasteiger partial charge in [0.2, 0.25) is 15.9 Å². The molecule has 0 saturated carbocycles. The molecule has 0 radical (unpaired) electrons. The molecular formula is C12H25N3O3S. The molecule has 3 N–H and O–H groups in total. The van der Waals surface area contributed by atoms with E-state index in [1.807, 2.05) is 6.92 Å². The van der Waals surface area contributed by atoms with Gasteiger partial charge < -0.3 is 10.6 Å². The molecule has 0 aromatic rings. The van der Waals surface area contributed by atoms with Gasteiger partial charge in [-0.15, -0.1) is 0 Å². The Hall–Kier alpha value is -0.660. The normalized spacial score (nSPS) is 22.3. The molecule has 112 valence electrons. The third kappa shape index (κ3) is 5.88. The monoisotopic (exact) mass is 291 g/mol. The van der Waals surface area contributed by atoms with Crippen LogP contribution >= 0.6 is 0 Å². The maximum absolute atomic E-state index is 12.1. The average Bonchev–Trinajstić information content (AvgIpc) is 2.34. The van der Waals surface area contributed by atoms with Crippen molar-refractivity contribution in [2.24, 2.45) is 11.7 Å². The van der Waals surface area contributed by atoms with Crippen molar-refractivity contribution in [2.45, 2.75) is 38.6 Å². The van der Waals surface area contributed by atoms with Crippen molar-refractivity contribution in [3.05, 3.63) is 0 Å². The highest BCUT2D eigenvalue weighted by Gasteiger charge is 2.26. The predicted molar refractivity (Wildman–Crippen MR) is 75.0 cm³/mol. The summed E-state index contributed by atoms with van der Waals surface area (Å²) in [5.74, 6) is 0.299. The molecule has 1 aliphatic rings. The Morgan fingerprint density at radius 1 is 1.53 bits per heavy atom. The van der Waals surface area contributed by atoms with Crippen molar-refractivity contribution in [2.75, 3.05) is 25.9 Å². The lowest BCUT2D eigenvalue weighted by Gasteiger charge is -2.33. The quantitative estimate of drug-likeness (QED) is 0.715. The third-order valence-corrected chi connectivity index (χ3v) is 4.29. The Bertz CT molecular complexity index is 393. The minimum absolute atomic E-state index is 0.0808. The maximum atomic E-state index is 12.1. The molecule has 2 unspecified atom stereocenters. The van der Waals surface area contributed by atoms with Crippen molar-refractivity contribution in [1.82, 2.24) is 9.62 Å². The molecule has 0 spiro atoms. The van der Waals surface area contributed by atoms with E-state index < -0.39 is 10.0 Å². The molecule has 1 heterocycles. The van der Waals surface area contributed by atoms with Crippen LogP contribution < -0.4 is 10.5 Å². The number of amides is 1. The summed E-state index contributed by atoms with van der Waals surface area (Å²) in [5.41, 5.74) is 5.61. The van der Waals surface area contributed by atoms with E-state index in [1.165, 1.54) is 0 Å². The average molecular weight is 291 g/mol. The Morgan fingerprint density at radius 2 is 2.21 bits per heavy atom. The zero-order chi connectivity index (χ0) is 14.5. The van der Waals surface area contributed by atoms with E-state index >= 15 is 0 Å². The van der Waals surface area contributed by atoms with E-state index in [2.05, 4.69) is 4.72 Å². The number of rotatable bonds is 6. The Morgan fingerprint density at radius 3 is 2.74 bits per heavy atom. The number of hydrogen-bond donors (Lipinski definition) is 2. The smallest absolute Gasteiger partial charge is 0.222 e.